The van der Waals surface area contributed by atoms with E-state index < -0.39 is 22.4 Å². The third kappa shape index (κ3) is 31.4. The number of carboxylic acids is 1. The molecule has 0 saturated carbocycles. The van der Waals surface area contributed by atoms with Crippen molar-refractivity contribution in [1.82, 2.24) is 0 Å². The summed E-state index contributed by atoms with van der Waals surface area (Å²) in [6, 6.07) is -0.683. The number of carboxylic acid groups (broad SMARTS) is 1. The molecule has 0 amide bonds. The second-order valence-electron chi connectivity index (χ2n) is 2.17. The Balaban J connectivity index is -0.000000208. The zero-order chi connectivity index (χ0) is 11.8. The molecule has 10 heteroatoms. The Labute approximate surface area is 105 Å². The molecule has 0 aromatic rings. The minimum atomic E-state index is -4.67. The van der Waals surface area contributed by atoms with Gasteiger partial charge in [-0.05, 0) is 18.4 Å². The van der Waals surface area contributed by atoms with Crippen molar-refractivity contribution in [2.45, 2.75) is 12.5 Å². The first-order valence-corrected chi connectivity index (χ1v) is 6.14. The van der Waals surface area contributed by atoms with Gasteiger partial charge in [-0.25, -0.2) is 0 Å². The van der Waals surface area contributed by atoms with Crippen LogP contribution >= 0.6 is 11.8 Å². The van der Waals surface area contributed by atoms with Gasteiger partial charge in [0.15, 0.2) is 0 Å². The van der Waals surface area contributed by atoms with Crippen LogP contribution in [0, 0.1) is 0 Å². The first-order valence-electron chi connectivity index (χ1n) is 3.35. The van der Waals surface area contributed by atoms with Crippen LogP contribution in [0.25, 0.3) is 0 Å². The van der Waals surface area contributed by atoms with Crippen LogP contribution in [-0.4, -0.2) is 46.6 Å². The van der Waals surface area contributed by atoms with Gasteiger partial charge in [0.1, 0.15) is 6.04 Å². The molecule has 0 aliphatic rings. The summed E-state index contributed by atoms with van der Waals surface area (Å²) in [6.45, 7) is 0. The van der Waals surface area contributed by atoms with Crippen LogP contribution in [0.2, 0.25) is 0 Å². The molecule has 0 spiro atoms. The number of aliphatic carboxylic acids is 1. The SMILES string of the molecule is CSCC[C@H](N)C(=O)O.O=S(=O)(O)O.[Zn]. The molecule has 5 N–H and O–H groups in total. The van der Waals surface area contributed by atoms with E-state index in [9.17, 15) is 4.79 Å². The van der Waals surface area contributed by atoms with Gasteiger partial charge in [-0.2, -0.15) is 20.2 Å². The molecule has 0 aliphatic carbocycles. The molecule has 0 saturated heterocycles. The molecule has 0 radical (unpaired) electrons. The van der Waals surface area contributed by atoms with E-state index in [1.807, 2.05) is 6.26 Å². The molecule has 0 heterocycles. The summed E-state index contributed by atoms with van der Waals surface area (Å²) in [5.74, 6) is -0.1000. The Morgan fingerprint density at radius 3 is 2.00 bits per heavy atom. The Kier molecular flexibility index (Phi) is 14.8. The van der Waals surface area contributed by atoms with Gasteiger partial charge in [-0.3, -0.25) is 13.9 Å². The number of rotatable bonds is 4. The predicted octanol–water partition coefficient (Wildman–Crippen LogP) is -0.504. The van der Waals surface area contributed by atoms with Crippen molar-refractivity contribution in [3.8, 4) is 0 Å². The number of thioether (sulfide) groups is 1. The quantitative estimate of drug-likeness (QED) is 0.402. The molecule has 0 unspecified atom stereocenters. The van der Waals surface area contributed by atoms with Crippen LogP contribution in [0.1, 0.15) is 6.42 Å². The maximum Gasteiger partial charge on any atom is 0.394 e. The molecule has 88 valence electrons. The maximum atomic E-state index is 10.1. The molecule has 0 aromatic heterocycles. The van der Waals surface area contributed by atoms with Crippen LogP contribution in [0.5, 0.6) is 0 Å². The summed E-state index contributed by atoms with van der Waals surface area (Å²) >= 11 is 1.60. The maximum absolute atomic E-state index is 10.1. The first kappa shape index (κ1) is 20.7. The zero-order valence-electron chi connectivity index (χ0n) is 8.16. The van der Waals surface area contributed by atoms with Crippen molar-refractivity contribution in [2.24, 2.45) is 5.73 Å². The molecule has 7 nitrogen and oxygen atoms in total. The molecule has 15 heavy (non-hydrogen) atoms. The summed E-state index contributed by atoms with van der Waals surface area (Å²) in [5, 5.41) is 8.27. The van der Waals surface area contributed by atoms with Crippen LogP contribution < -0.4 is 5.73 Å². The molecule has 0 aromatic carbocycles. The smallest absolute Gasteiger partial charge is 0.394 e. The number of hydrogen-bond acceptors (Lipinski definition) is 5. The van der Waals surface area contributed by atoms with Gasteiger partial charge in [-0.1, -0.05) is 0 Å². The predicted molar refractivity (Wildman–Crippen MR) is 52.8 cm³/mol. The Bertz CT molecular complexity index is 248. The van der Waals surface area contributed by atoms with Gasteiger partial charge < -0.3 is 10.8 Å². The van der Waals surface area contributed by atoms with E-state index in [-0.39, 0.29) is 19.5 Å². The Morgan fingerprint density at radius 2 is 1.80 bits per heavy atom. The first-order chi connectivity index (χ1) is 6.18. The molecule has 0 aliphatic heterocycles. The zero-order valence-corrected chi connectivity index (χ0v) is 12.8. The molecule has 0 rings (SSSR count). The van der Waals surface area contributed by atoms with Crippen molar-refractivity contribution in [1.29, 1.82) is 0 Å². The summed E-state index contributed by atoms with van der Waals surface area (Å²) in [6.07, 6.45) is 2.48. The van der Waals surface area contributed by atoms with Crippen molar-refractivity contribution < 1.29 is 46.9 Å². The van der Waals surface area contributed by atoms with Crippen molar-refractivity contribution in [3.63, 3.8) is 0 Å². The summed E-state index contributed by atoms with van der Waals surface area (Å²) in [4.78, 5) is 10.1. The molecular formula is C5H13NO6S2Zn. The van der Waals surface area contributed by atoms with E-state index in [0.29, 0.717) is 6.42 Å². The van der Waals surface area contributed by atoms with Crippen molar-refractivity contribution in [2.75, 3.05) is 12.0 Å². The summed E-state index contributed by atoms with van der Waals surface area (Å²) < 4.78 is 31.6. The summed E-state index contributed by atoms with van der Waals surface area (Å²) in [5.41, 5.74) is 5.19. The van der Waals surface area contributed by atoms with E-state index in [0.717, 1.165) is 5.75 Å². The van der Waals surface area contributed by atoms with E-state index in [1.165, 1.54) is 0 Å². The Morgan fingerprint density at radius 1 is 1.47 bits per heavy atom. The fourth-order valence-electron chi connectivity index (χ4n) is 0.368. The van der Waals surface area contributed by atoms with Crippen molar-refractivity contribution in [3.05, 3.63) is 0 Å². The average molecular weight is 313 g/mol. The van der Waals surface area contributed by atoms with Crippen LogP contribution in [0.3, 0.4) is 0 Å². The third-order valence-electron chi connectivity index (χ3n) is 0.950. The Hall–Kier alpha value is 0.273. The minimum Gasteiger partial charge on any atom is -0.480 e. The van der Waals surface area contributed by atoms with Gasteiger partial charge >= 0.3 is 16.4 Å². The minimum absolute atomic E-state index is 0. The standard InChI is InChI=1S/C5H11NO2S.H2O4S.Zn/c1-9-3-2-4(6)5(7)8;1-5(2,3)4;/h4H,2-3,6H2,1H3,(H,7,8);(H2,1,2,3,4);/t4-;;/m0../s1. The van der Waals surface area contributed by atoms with Gasteiger partial charge in [-0.15, -0.1) is 0 Å². The summed E-state index contributed by atoms with van der Waals surface area (Å²) in [7, 11) is -4.67. The van der Waals surface area contributed by atoms with Crippen molar-refractivity contribution >= 4 is 28.1 Å². The topological polar surface area (TPSA) is 138 Å². The number of nitrogens with two attached hydrogens (primary N) is 1. The fourth-order valence-corrected chi connectivity index (χ4v) is 0.858. The van der Waals surface area contributed by atoms with E-state index in [1.54, 1.807) is 11.8 Å². The van der Waals surface area contributed by atoms with E-state index in [4.69, 9.17) is 28.4 Å². The van der Waals surface area contributed by atoms with Crippen LogP contribution in [0.15, 0.2) is 0 Å². The fraction of sp³-hybridized carbons (Fsp3) is 0.800. The van der Waals surface area contributed by atoms with E-state index in [2.05, 4.69) is 0 Å². The molecule has 1 atom stereocenters. The third-order valence-corrected chi connectivity index (χ3v) is 1.59. The normalized spacial score (nSPS) is 11.7. The molecule has 0 fully saturated rings. The number of carbonyl (C=O) groups is 1. The number of hydrogen-bond donors (Lipinski definition) is 4. The monoisotopic (exact) mass is 311 g/mol. The van der Waals surface area contributed by atoms with E-state index >= 15 is 0 Å². The van der Waals surface area contributed by atoms with Crippen LogP contribution in [0.4, 0.5) is 0 Å². The molecular weight excluding hydrogens is 300 g/mol. The van der Waals surface area contributed by atoms with Gasteiger partial charge in [0, 0.05) is 19.5 Å². The second-order valence-corrected chi connectivity index (χ2v) is 4.06. The average Bonchev–Trinajstić information content (AvgIpc) is 1.96. The van der Waals surface area contributed by atoms with Gasteiger partial charge in [0.25, 0.3) is 0 Å². The molecule has 0 bridgehead atoms. The van der Waals surface area contributed by atoms with Gasteiger partial charge in [0.05, 0.1) is 0 Å². The second kappa shape index (κ2) is 10.8. The largest absolute Gasteiger partial charge is 0.480 e. The van der Waals surface area contributed by atoms with Crippen LogP contribution in [-0.2, 0) is 34.7 Å². The van der Waals surface area contributed by atoms with Gasteiger partial charge in [0.2, 0.25) is 0 Å².